The van der Waals surface area contributed by atoms with Crippen LogP contribution in [0.25, 0.3) is 32.7 Å². The number of thiazole rings is 3. The highest BCUT2D eigenvalue weighted by molar-refractivity contribution is 7.93. The van der Waals surface area contributed by atoms with Gasteiger partial charge in [0.15, 0.2) is 15.4 Å². The minimum Gasteiger partial charge on any atom is -0.353 e. The average Bonchev–Trinajstić information content (AvgIpc) is 1.45. The molecule has 27 nitrogen and oxygen atoms in total. The summed E-state index contributed by atoms with van der Waals surface area (Å²) in [7, 11) is -11.3. The lowest BCUT2D eigenvalue weighted by Crippen LogP contribution is -2.50. The molecule has 9 aromatic heterocycles. The molecular weight excluding hydrogens is 1540 g/mol. The zero-order valence-corrected chi connectivity index (χ0v) is 63.4. The van der Waals surface area contributed by atoms with Gasteiger partial charge in [-0.05, 0) is 123 Å². The van der Waals surface area contributed by atoms with Gasteiger partial charge >= 0.3 is 6.18 Å². The molecule has 0 aliphatic carbocycles. The van der Waals surface area contributed by atoms with Crippen molar-refractivity contribution in [2.45, 2.75) is 59.8 Å². The van der Waals surface area contributed by atoms with Crippen LogP contribution in [0.4, 0.5) is 50.4 Å². The van der Waals surface area contributed by atoms with Gasteiger partial charge < -0.3 is 43.1 Å². The predicted molar refractivity (Wildman–Crippen MR) is 414 cm³/mol. The zero-order chi connectivity index (χ0) is 76.2. The molecule has 0 saturated carbocycles. The third-order valence-corrected chi connectivity index (χ3v) is 25.2. The Bertz CT molecular complexity index is 5400. The van der Waals surface area contributed by atoms with Gasteiger partial charge in [-0.1, -0.05) is 29.8 Å². The summed E-state index contributed by atoms with van der Waals surface area (Å²) in [4.78, 5) is 75.8. The molecular formula is C70H75ClF4N18O9S6. The van der Waals surface area contributed by atoms with E-state index in [2.05, 4.69) is 44.1 Å². The highest BCUT2D eigenvalue weighted by Gasteiger charge is 2.34. The molecule has 12 aromatic rings. The van der Waals surface area contributed by atoms with Crippen molar-refractivity contribution >= 4 is 159 Å². The molecule has 15 rings (SSSR count). The number of carbonyl (C=O) groups is 3. The number of rotatable bonds is 18. The Hall–Kier alpha value is -10.3. The van der Waals surface area contributed by atoms with Crippen molar-refractivity contribution in [2.75, 3.05) is 107 Å². The maximum absolute atomic E-state index is 14.0. The zero-order valence-electron chi connectivity index (χ0n) is 57.8. The molecule has 108 heavy (non-hydrogen) atoms. The second-order valence-corrected chi connectivity index (χ2v) is 33.3. The van der Waals surface area contributed by atoms with Crippen LogP contribution in [-0.4, -0.2) is 180 Å². The summed E-state index contributed by atoms with van der Waals surface area (Å²) >= 11 is 9.73. The Morgan fingerprint density at radius 2 is 0.815 bits per heavy atom. The lowest BCUT2D eigenvalue weighted by Gasteiger charge is -2.36. The summed E-state index contributed by atoms with van der Waals surface area (Å²) in [5.74, 6) is 1.41. The van der Waals surface area contributed by atoms with Crippen LogP contribution in [0.3, 0.4) is 0 Å². The highest BCUT2D eigenvalue weighted by atomic mass is 35.5. The first-order valence-corrected chi connectivity index (χ1v) is 41.1. The minimum absolute atomic E-state index is 0. The van der Waals surface area contributed by atoms with Crippen LogP contribution in [-0.2, 0) is 50.6 Å². The summed E-state index contributed by atoms with van der Waals surface area (Å²) in [6.45, 7) is 11.6. The predicted octanol–water partition coefficient (Wildman–Crippen LogP) is 12.2. The van der Waals surface area contributed by atoms with E-state index >= 15 is 0 Å². The highest BCUT2D eigenvalue weighted by Crippen LogP contribution is 2.35. The number of pyridine rings is 3. The van der Waals surface area contributed by atoms with Gasteiger partial charge in [0.05, 0.1) is 16.6 Å². The molecule has 3 aromatic carbocycles. The van der Waals surface area contributed by atoms with Gasteiger partial charge in [0.2, 0.25) is 17.7 Å². The topological polar surface area (TPSA) is 301 Å². The number of aromatic nitrogens is 9. The maximum Gasteiger partial charge on any atom is 0.416 e. The largest absolute Gasteiger partial charge is 0.416 e. The summed E-state index contributed by atoms with van der Waals surface area (Å²) in [5, 5.41) is 8.70. The van der Waals surface area contributed by atoms with E-state index in [1.807, 2.05) is 74.5 Å². The van der Waals surface area contributed by atoms with Crippen molar-refractivity contribution in [2.24, 2.45) is 0 Å². The molecule has 3 N–H and O–H groups in total. The molecule has 570 valence electrons. The van der Waals surface area contributed by atoms with Crippen molar-refractivity contribution in [3.63, 3.8) is 0 Å². The van der Waals surface area contributed by atoms with Gasteiger partial charge in [0.1, 0.15) is 56.1 Å². The standard InChI is InChI=1S/C24H23F3N6O3S2.C23H23ClN6O3S2.C23H23FN6O3S2.3H2/c1-16(33-8-6-17-2-3-18(14-20(17)33)24(25,26)27)22(34)32-11-9-31(10-12-32)21-5-4-19(15-29-21)38(35,36)30-23-28-7-13-37-23;1-16(30-8-6-17-2-3-18(24)14-20(17)30)22(31)29-11-9-28(10-12-29)21-5-4-19(15-26-21)35(32,33)27-23-25-7-13-34-23;1-16(30-9-7-18-19(24)3-2-4-20(18)30)22(31)29-12-10-28(11-13-29)21-6-5-17(15-26-21)35(32,33)27-23-25-8-14-34-23;;;/h2-8,13-16H,9-12H2,1H3,(H,28,30);2-8,13-16H,9-12H2,1H3,(H,25,27);2-9,14-16H,10-13H2,1H3,(H,25,27);3*1H/t3*16-;;;/m111.../s1. The first kappa shape index (κ1) is 75.9. The van der Waals surface area contributed by atoms with Gasteiger partial charge in [-0.15, -0.1) is 34.0 Å². The van der Waals surface area contributed by atoms with E-state index in [4.69, 9.17) is 11.6 Å². The number of halogens is 5. The van der Waals surface area contributed by atoms with Gasteiger partial charge in [-0.3, -0.25) is 28.5 Å². The SMILES string of the molecule is C[C@H](C(=O)N1CCN(c2ccc(S(=O)(=O)Nc3nccs3)cn2)CC1)n1ccc2c(F)cccc21.C[C@H](C(=O)N1CCN(c2ccc(S(=O)(=O)Nc3nccs3)cn2)CC1)n1ccc2ccc(C(F)(F)F)cc21.C[C@H](C(=O)N1CCN(c2ccc(S(=O)(=O)Nc3nccs3)cn2)CC1)n1ccc2ccc(Cl)cc21.[HH].[HH].[HH]. The monoisotopic (exact) mass is 1610 g/mol. The van der Waals surface area contributed by atoms with Crippen LogP contribution in [0.5, 0.6) is 0 Å². The molecule has 0 bridgehead atoms. The molecule has 0 spiro atoms. The number of anilines is 6. The van der Waals surface area contributed by atoms with Crippen LogP contribution < -0.4 is 28.9 Å². The number of benzene rings is 3. The fraction of sp³-hybridized carbons (Fsp3) is 0.271. The molecule has 3 aliphatic rings. The number of piperazine rings is 3. The van der Waals surface area contributed by atoms with Crippen molar-refractivity contribution in [3.8, 4) is 0 Å². The van der Waals surface area contributed by atoms with E-state index < -0.39 is 53.9 Å². The number of carbonyl (C=O) groups excluding carboxylic acids is 3. The quantitative estimate of drug-likeness (QED) is 0.0672. The fourth-order valence-electron chi connectivity index (χ4n) is 12.7. The summed E-state index contributed by atoms with van der Waals surface area (Å²) < 4.78 is 141. The molecule has 3 amide bonds. The smallest absolute Gasteiger partial charge is 0.353 e. The minimum atomic E-state index is -4.47. The molecule has 3 fully saturated rings. The van der Waals surface area contributed by atoms with E-state index in [0.29, 0.717) is 133 Å². The number of hydrogen-bond acceptors (Lipinski definition) is 21. The van der Waals surface area contributed by atoms with Gasteiger partial charge in [-0.2, -0.15) is 13.2 Å². The normalized spacial score (nSPS) is 15.4. The first-order valence-electron chi connectivity index (χ1n) is 33.6. The number of sulfonamides is 3. The maximum atomic E-state index is 14.0. The molecule has 3 saturated heterocycles. The second kappa shape index (κ2) is 31.9. The Balaban J connectivity index is 0.000000175. The Morgan fingerprint density at radius 1 is 0.454 bits per heavy atom. The van der Waals surface area contributed by atoms with Gasteiger partial charge in [0.25, 0.3) is 30.1 Å². The van der Waals surface area contributed by atoms with Crippen LogP contribution in [0.1, 0.15) is 48.7 Å². The number of amides is 3. The van der Waals surface area contributed by atoms with E-state index in [-0.39, 0.29) is 53.7 Å². The van der Waals surface area contributed by atoms with Crippen LogP contribution in [0, 0.1) is 5.82 Å². The third kappa shape index (κ3) is 17.0. The average molecular weight is 1620 g/mol. The number of nitrogens with one attached hydrogen (secondary N) is 3. The fourth-order valence-corrected chi connectivity index (χ4v) is 18.1. The van der Waals surface area contributed by atoms with E-state index in [9.17, 15) is 57.2 Å². The van der Waals surface area contributed by atoms with Crippen molar-refractivity contribution < 1.29 is 61.5 Å². The van der Waals surface area contributed by atoms with Gasteiger partial charge in [-0.25, -0.2) is 59.5 Å². The summed E-state index contributed by atoms with van der Waals surface area (Å²) in [6.07, 6.45) is 9.32. The van der Waals surface area contributed by atoms with Crippen LogP contribution >= 0.6 is 45.6 Å². The lowest BCUT2D eigenvalue weighted by atomic mass is 10.1. The molecule has 12 heterocycles. The number of hydrogen-bond donors (Lipinski definition) is 3. The third-order valence-electron chi connectivity index (χ3n) is 18.6. The molecule has 0 unspecified atom stereocenters. The number of alkyl halides is 3. The Labute approximate surface area is 639 Å². The first-order chi connectivity index (χ1) is 51.7. The van der Waals surface area contributed by atoms with E-state index in [1.54, 1.807) is 90.8 Å². The molecule has 38 heteroatoms. The van der Waals surface area contributed by atoms with Gasteiger partial charge in [0, 0.05) is 171 Å². The second-order valence-electron chi connectivity index (χ2n) is 25.2. The van der Waals surface area contributed by atoms with Crippen LogP contribution in [0.2, 0.25) is 5.02 Å². The van der Waals surface area contributed by atoms with Crippen LogP contribution in [0.15, 0.2) is 196 Å². The Kier molecular flexibility index (Phi) is 22.4. The Morgan fingerprint density at radius 3 is 1.17 bits per heavy atom. The number of fused-ring (bicyclic) bond motifs is 3. The van der Waals surface area contributed by atoms with Crippen molar-refractivity contribution in [1.82, 2.24) is 58.3 Å². The summed E-state index contributed by atoms with van der Waals surface area (Å²) in [6, 6.07) is 27.3. The van der Waals surface area contributed by atoms with E-state index in [1.165, 1.54) is 102 Å². The van der Waals surface area contributed by atoms with Crippen molar-refractivity contribution in [1.29, 1.82) is 0 Å². The molecule has 3 aliphatic heterocycles. The molecule has 3 atom stereocenters. The number of nitrogens with zero attached hydrogens (tertiary/aromatic N) is 15. The lowest BCUT2D eigenvalue weighted by molar-refractivity contribution is -0.137. The van der Waals surface area contributed by atoms with Crippen molar-refractivity contribution in [3.05, 3.63) is 198 Å². The van der Waals surface area contributed by atoms with E-state index in [0.717, 1.165) is 23.0 Å². The molecule has 0 radical (unpaired) electrons. The summed E-state index contributed by atoms with van der Waals surface area (Å²) in [5.41, 5.74) is 1.21.